The number of likely N-dealkylation sites (tertiary alicyclic amines) is 1. The van der Waals surface area contributed by atoms with Gasteiger partial charge in [0, 0.05) is 25.7 Å². The Kier molecular flexibility index (Phi) is 6.47. The third-order valence-corrected chi connectivity index (χ3v) is 5.55. The first-order valence-corrected chi connectivity index (χ1v) is 9.69. The molecule has 0 aliphatic carbocycles. The summed E-state index contributed by atoms with van der Waals surface area (Å²) in [5.74, 6) is -0.778. The number of amides is 2. The van der Waals surface area contributed by atoms with Gasteiger partial charge in [0.25, 0.3) is 0 Å². The van der Waals surface area contributed by atoms with E-state index in [0.717, 1.165) is 12.1 Å². The molecule has 0 spiro atoms. The second-order valence-electron chi connectivity index (χ2n) is 6.26. The second-order valence-corrected chi connectivity index (χ2v) is 8.02. The van der Waals surface area contributed by atoms with E-state index in [9.17, 15) is 31.2 Å². The van der Waals surface area contributed by atoms with Crippen LogP contribution in [0.15, 0.2) is 29.2 Å². The quantitative estimate of drug-likeness (QED) is 0.777. The van der Waals surface area contributed by atoms with Crippen molar-refractivity contribution in [1.82, 2.24) is 9.62 Å². The first kappa shape index (κ1) is 21.2. The molecule has 1 fully saturated rings. The Labute approximate surface area is 155 Å². The molecular formula is C16H20F3N3O4S. The van der Waals surface area contributed by atoms with Gasteiger partial charge < -0.3 is 10.2 Å². The summed E-state index contributed by atoms with van der Waals surface area (Å²) in [5.41, 5.74) is 0.315. The summed E-state index contributed by atoms with van der Waals surface area (Å²) in [7, 11) is -4.30. The molecular weight excluding hydrogens is 387 g/mol. The Balaban J connectivity index is 1.99. The van der Waals surface area contributed by atoms with Crippen molar-refractivity contribution in [3.05, 3.63) is 24.3 Å². The van der Waals surface area contributed by atoms with Crippen molar-refractivity contribution >= 4 is 27.5 Å². The predicted molar refractivity (Wildman–Crippen MR) is 91.3 cm³/mol. The lowest BCUT2D eigenvalue weighted by Gasteiger charge is -2.31. The number of alkyl halides is 3. The molecule has 1 aliphatic heterocycles. The summed E-state index contributed by atoms with van der Waals surface area (Å²) in [5, 5.41) is 2.63. The number of anilines is 1. The van der Waals surface area contributed by atoms with Crippen molar-refractivity contribution in [3.63, 3.8) is 0 Å². The van der Waals surface area contributed by atoms with E-state index in [2.05, 4.69) is 5.32 Å². The number of hydrogen-bond donors (Lipinski definition) is 2. The second kappa shape index (κ2) is 8.26. The smallest absolute Gasteiger partial charge is 0.342 e. The van der Waals surface area contributed by atoms with Crippen molar-refractivity contribution in [2.75, 3.05) is 25.0 Å². The first-order chi connectivity index (χ1) is 12.5. The van der Waals surface area contributed by atoms with E-state index in [4.69, 9.17) is 0 Å². The Hall–Kier alpha value is -2.14. The van der Waals surface area contributed by atoms with Crippen LogP contribution in [-0.4, -0.2) is 50.9 Å². The molecule has 150 valence electrons. The van der Waals surface area contributed by atoms with Gasteiger partial charge in [0.1, 0.15) is 6.54 Å². The average molecular weight is 407 g/mol. The van der Waals surface area contributed by atoms with Crippen LogP contribution in [0.5, 0.6) is 0 Å². The van der Waals surface area contributed by atoms with Crippen molar-refractivity contribution in [2.45, 2.75) is 30.8 Å². The van der Waals surface area contributed by atoms with E-state index in [0.29, 0.717) is 31.6 Å². The average Bonchev–Trinajstić information content (AvgIpc) is 2.60. The number of carbonyl (C=O) groups excluding carboxylic acids is 2. The van der Waals surface area contributed by atoms with Gasteiger partial charge in [-0.2, -0.15) is 13.2 Å². The van der Waals surface area contributed by atoms with E-state index >= 15 is 0 Å². The Bertz CT molecular complexity index is 794. The Morgan fingerprint density at radius 3 is 2.41 bits per heavy atom. The fraction of sp³-hybridized carbons (Fsp3) is 0.500. The van der Waals surface area contributed by atoms with Crippen LogP contribution in [-0.2, 0) is 19.6 Å². The van der Waals surface area contributed by atoms with E-state index in [-0.39, 0.29) is 22.6 Å². The van der Waals surface area contributed by atoms with Gasteiger partial charge in [-0.15, -0.1) is 0 Å². The zero-order chi connectivity index (χ0) is 20.2. The number of sulfonamides is 1. The van der Waals surface area contributed by atoms with Gasteiger partial charge in [-0.25, -0.2) is 13.1 Å². The summed E-state index contributed by atoms with van der Waals surface area (Å²) in [6.07, 6.45) is -3.32. The van der Waals surface area contributed by atoms with E-state index in [1.54, 1.807) is 4.90 Å². The molecule has 7 nitrogen and oxygen atoms in total. The molecule has 2 amide bonds. The molecule has 1 aromatic rings. The topological polar surface area (TPSA) is 95.6 Å². The van der Waals surface area contributed by atoms with E-state index < -0.39 is 22.7 Å². The molecule has 0 bridgehead atoms. The first-order valence-electron chi connectivity index (χ1n) is 8.21. The molecule has 2 rings (SSSR count). The SMILES string of the molecule is CC(=O)N1CCC[C@@H](C(=O)Nc2ccc(S(=O)(=O)NCC(F)(F)F)cc2)C1. The maximum absolute atomic E-state index is 12.3. The zero-order valence-electron chi connectivity index (χ0n) is 14.5. The van der Waals surface area contributed by atoms with Crippen LogP contribution in [0, 0.1) is 5.92 Å². The number of carbonyl (C=O) groups is 2. The van der Waals surface area contributed by atoms with Gasteiger partial charge in [-0.1, -0.05) is 0 Å². The van der Waals surface area contributed by atoms with Crippen LogP contribution < -0.4 is 10.0 Å². The minimum Gasteiger partial charge on any atom is -0.342 e. The largest absolute Gasteiger partial charge is 0.402 e. The lowest BCUT2D eigenvalue weighted by Crippen LogP contribution is -2.42. The number of hydrogen-bond acceptors (Lipinski definition) is 4. The molecule has 0 aromatic heterocycles. The molecule has 1 aromatic carbocycles. The Morgan fingerprint density at radius 1 is 1.22 bits per heavy atom. The monoisotopic (exact) mass is 407 g/mol. The minimum atomic E-state index is -4.66. The third-order valence-electron chi connectivity index (χ3n) is 4.13. The van der Waals surface area contributed by atoms with E-state index in [1.807, 2.05) is 0 Å². The van der Waals surface area contributed by atoms with Crippen molar-refractivity contribution in [3.8, 4) is 0 Å². The van der Waals surface area contributed by atoms with Crippen LogP contribution >= 0.6 is 0 Å². The minimum absolute atomic E-state index is 0.103. The van der Waals surface area contributed by atoms with Crippen LogP contribution in [0.1, 0.15) is 19.8 Å². The van der Waals surface area contributed by atoms with Crippen molar-refractivity contribution in [1.29, 1.82) is 0 Å². The molecule has 0 radical (unpaired) electrons. The van der Waals surface area contributed by atoms with Gasteiger partial charge in [0.15, 0.2) is 0 Å². The molecule has 1 saturated heterocycles. The maximum atomic E-state index is 12.3. The highest BCUT2D eigenvalue weighted by Gasteiger charge is 2.30. The standard InChI is InChI=1S/C16H20F3N3O4S/c1-11(23)22-8-2-3-12(9-22)15(24)21-13-4-6-14(7-5-13)27(25,26)20-10-16(17,18)19/h4-7,12,20H,2-3,8-10H2,1H3,(H,21,24)/t12-/m1/s1. The fourth-order valence-electron chi connectivity index (χ4n) is 2.70. The van der Waals surface area contributed by atoms with Crippen molar-refractivity contribution < 1.29 is 31.2 Å². The Morgan fingerprint density at radius 2 is 1.85 bits per heavy atom. The maximum Gasteiger partial charge on any atom is 0.402 e. The summed E-state index contributed by atoms with van der Waals surface area (Å²) >= 11 is 0. The number of halogens is 3. The van der Waals surface area contributed by atoms with Gasteiger partial charge >= 0.3 is 6.18 Å². The molecule has 11 heteroatoms. The summed E-state index contributed by atoms with van der Waals surface area (Å²) in [6.45, 7) is 0.694. The van der Waals surface area contributed by atoms with Crippen LogP contribution in [0.3, 0.4) is 0 Å². The third kappa shape index (κ3) is 6.21. The molecule has 1 atom stereocenters. The number of nitrogens with one attached hydrogen (secondary N) is 2. The van der Waals surface area contributed by atoms with Crippen LogP contribution in [0.4, 0.5) is 18.9 Å². The van der Waals surface area contributed by atoms with Crippen LogP contribution in [0.25, 0.3) is 0 Å². The molecule has 1 heterocycles. The zero-order valence-corrected chi connectivity index (χ0v) is 15.4. The van der Waals surface area contributed by atoms with E-state index in [1.165, 1.54) is 23.8 Å². The summed E-state index contributed by atoms with van der Waals surface area (Å²) in [4.78, 5) is 25.0. The lowest BCUT2D eigenvalue weighted by molar-refractivity contribution is -0.132. The number of nitrogens with zero attached hydrogens (tertiary/aromatic N) is 1. The highest BCUT2D eigenvalue weighted by Crippen LogP contribution is 2.20. The molecule has 0 saturated carbocycles. The normalized spacial score (nSPS) is 18.2. The molecule has 1 aliphatic rings. The number of rotatable bonds is 5. The summed E-state index contributed by atoms with van der Waals surface area (Å²) < 4.78 is 61.6. The van der Waals surface area contributed by atoms with Gasteiger partial charge in [0.05, 0.1) is 10.8 Å². The van der Waals surface area contributed by atoms with Gasteiger partial charge in [-0.3, -0.25) is 9.59 Å². The number of piperidine rings is 1. The highest BCUT2D eigenvalue weighted by atomic mass is 32.2. The molecule has 2 N–H and O–H groups in total. The predicted octanol–water partition coefficient (Wildman–Crippen LogP) is 1.72. The van der Waals surface area contributed by atoms with Crippen LogP contribution in [0.2, 0.25) is 0 Å². The molecule has 0 unspecified atom stereocenters. The fourth-order valence-corrected chi connectivity index (χ4v) is 3.71. The number of benzene rings is 1. The van der Waals surface area contributed by atoms with Crippen molar-refractivity contribution in [2.24, 2.45) is 5.92 Å². The van der Waals surface area contributed by atoms with Gasteiger partial charge in [0.2, 0.25) is 21.8 Å². The summed E-state index contributed by atoms with van der Waals surface area (Å²) in [6, 6.07) is 4.81. The van der Waals surface area contributed by atoms with Gasteiger partial charge in [-0.05, 0) is 37.1 Å². The molecule has 27 heavy (non-hydrogen) atoms. The highest BCUT2D eigenvalue weighted by molar-refractivity contribution is 7.89. The lowest BCUT2D eigenvalue weighted by atomic mass is 9.97.